The van der Waals surface area contributed by atoms with E-state index in [1.165, 1.54) is 12.5 Å². The molecule has 7 nitrogen and oxygen atoms in total. The molecule has 1 aromatic heterocycles. The second-order valence-corrected chi connectivity index (χ2v) is 5.92. The van der Waals surface area contributed by atoms with Gasteiger partial charge < -0.3 is 16.0 Å². The smallest absolute Gasteiger partial charge is 0.249 e. The van der Waals surface area contributed by atoms with Crippen LogP contribution in [0.2, 0.25) is 0 Å². The number of nitrogens with one attached hydrogen (secondary N) is 3. The zero-order chi connectivity index (χ0) is 18.5. The average molecular weight is 348 g/mol. The molecule has 0 fully saturated rings. The van der Waals surface area contributed by atoms with E-state index in [-0.39, 0.29) is 5.91 Å². The lowest BCUT2D eigenvalue weighted by Crippen LogP contribution is -2.06. The highest BCUT2D eigenvalue weighted by Gasteiger charge is 2.05. The first kappa shape index (κ1) is 17.3. The van der Waals surface area contributed by atoms with E-state index in [1.54, 1.807) is 6.20 Å². The average Bonchev–Trinajstić information content (AvgIpc) is 2.61. The largest absolute Gasteiger partial charge is 0.339 e. The van der Waals surface area contributed by atoms with E-state index >= 15 is 0 Å². The Bertz CT molecular complexity index is 924. The Kier molecular flexibility index (Phi) is 5.07. The van der Waals surface area contributed by atoms with Crippen LogP contribution in [0.25, 0.3) is 0 Å². The van der Waals surface area contributed by atoms with Crippen LogP contribution >= 0.6 is 0 Å². The molecule has 2 aromatic carbocycles. The fraction of sp³-hybridized carbons (Fsp3) is 0.158. The van der Waals surface area contributed by atoms with Crippen LogP contribution in [0.1, 0.15) is 18.1 Å². The maximum absolute atomic E-state index is 11.1. The van der Waals surface area contributed by atoms with Crippen molar-refractivity contribution >= 4 is 34.7 Å². The standard InChI is InChI=1S/C19H20N6O/c1-12-5-4-6-17(13(12)2)23-19-24-18(11-20-25-19)22-16-9-7-15(8-10-16)21-14(3)26/h4-11H,1-3H3,(H,21,26)(H2,22,23,24,25). The minimum Gasteiger partial charge on any atom is -0.339 e. The third kappa shape index (κ3) is 4.32. The molecule has 1 amide bonds. The predicted octanol–water partition coefficient (Wildman–Crippen LogP) is 3.93. The Labute approximate surface area is 151 Å². The number of hydrogen-bond acceptors (Lipinski definition) is 6. The summed E-state index contributed by atoms with van der Waals surface area (Å²) in [5.41, 5.74) is 4.85. The summed E-state index contributed by atoms with van der Waals surface area (Å²) in [5, 5.41) is 17.1. The molecule has 0 aliphatic heterocycles. The summed E-state index contributed by atoms with van der Waals surface area (Å²) >= 11 is 0. The van der Waals surface area contributed by atoms with Crippen LogP contribution in [-0.2, 0) is 4.79 Å². The van der Waals surface area contributed by atoms with Gasteiger partial charge in [0.05, 0.1) is 6.20 Å². The number of aryl methyl sites for hydroxylation is 1. The van der Waals surface area contributed by atoms with Crippen molar-refractivity contribution in [1.29, 1.82) is 0 Å². The number of hydrogen-bond donors (Lipinski definition) is 3. The minimum atomic E-state index is -0.104. The molecule has 0 unspecified atom stereocenters. The molecular formula is C19H20N6O. The fourth-order valence-corrected chi connectivity index (χ4v) is 2.41. The van der Waals surface area contributed by atoms with Crippen molar-refractivity contribution in [1.82, 2.24) is 15.2 Å². The van der Waals surface area contributed by atoms with Crippen LogP contribution in [0.15, 0.2) is 48.7 Å². The lowest BCUT2D eigenvalue weighted by Gasteiger charge is -2.11. The molecule has 0 atom stereocenters. The highest BCUT2D eigenvalue weighted by Crippen LogP contribution is 2.22. The number of nitrogens with zero attached hydrogens (tertiary/aromatic N) is 3. The zero-order valence-electron chi connectivity index (χ0n) is 14.9. The molecule has 3 rings (SSSR count). The van der Waals surface area contributed by atoms with Crippen LogP contribution in [0.5, 0.6) is 0 Å². The van der Waals surface area contributed by atoms with Crippen molar-refractivity contribution < 1.29 is 4.79 Å². The van der Waals surface area contributed by atoms with Crippen molar-refractivity contribution in [2.24, 2.45) is 0 Å². The highest BCUT2D eigenvalue weighted by atomic mass is 16.1. The molecule has 0 spiro atoms. The first-order chi connectivity index (χ1) is 12.5. The maximum atomic E-state index is 11.1. The monoisotopic (exact) mass is 348 g/mol. The van der Waals surface area contributed by atoms with Crippen molar-refractivity contribution in [3.63, 3.8) is 0 Å². The Balaban J connectivity index is 1.73. The van der Waals surface area contributed by atoms with Gasteiger partial charge in [0, 0.05) is 24.0 Å². The van der Waals surface area contributed by atoms with E-state index in [1.807, 2.05) is 43.3 Å². The second kappa shape index (κ2) is 7.60. The molecule has 0 aliphatic rings. The number of rotatable bonds is 5. The minimum absolute atomic E-state index is 0.104. The summed E-state index contributed by atoms with van der Waals surface area (Å²) in [5.74, 6) is 0.881. The summed E-state index contributed by atoms with van der Waals surface area (Å²) in [4.78, 5) is 15.5. The number of carbonyl (C=O) groups is 1. The van der Waals surface area contributed by atoms with Gasteiger partial charge in [0.1, 0.15) is 0 Å². The Morgan fingerprint density at radius 2 is 1.69 bits per heavy atom. The molecule has 3 aromatic rings. The van der Waals surface area contributed by atoms with E-state index in [0.717, 1.165) is 22.6 Å². The predicted molar refractivity (Wildman–Crippen MR) is 103 cm³/mol. The van der Waals surface area contributed by atoms with Gasteiger partial charge in [0.2, 0.25) is 11.9 Å². The Hall–Kier alpha value is -3.48. The quantitative estimate of drug-likeness (QED) is 0.647. The summed E-state index contributed by atoms with van der Waals surface area (Å²) in [7, 11) is 0. The van der Waals surface area contributed by atoms with E-state index in [2.05, 4.69) is 44.1 Å². The molecule has 3 N–H and O–H groups in total. The number of carbonyl (C=O) groups excluding carboxylic acids is 1. The molecular weight excluding hydrogens is 328 g/mol. The molecule has 0 aliphatic carbocycles. The van der Waals surface area contributed by atoms with Gasteiger partial charge in [-0.3, -0.25) is 4.79 Å². The van der Waals surface area contributed by atoms with Crippen molar-refractivity contribution in [3.05, 3.63) is 59.8 Å². The van der Waals surface area contributed by atoms with Gasteiger partial charge in [-0.15, -0.1) is 5.10 Å². The van der Waals surface area contributed by atoms with Gasteiger partial charge in [-0.1, -0.05) is 12.1 Å². The van der Waals surface area contributed by atoms with Crippen LogP contribution < -0.4 is 16.0 Å². The first-order valence-corrected chi connectivity index (χ1v) is 8.19. The first-order valence-electron chi connectivity index (χ1n) is 8.19. The molecule has 26 heavy (non-hydrogen) atoms. The maximum Gasteiger partial charge on any atom is 0.249 e. The number of benzene rings is 2. The molecule has 1 heterocycles. The zero-order valence-corrected chi connectivity index (χ0v) is 14.9. The fourth-order valence-electron chi connectivity index (χ4n) is 2.41. The van der Waals surface area contributed by atoms with Crippen LogP contribution in [0.3, 0.4) is 0 Å². The number of aromatic nitrogens is 3. The van der Waals surface area contributed by atoms with Crippen molar-refractivity contribution in [2.45, 2.75) is 20.8 Å². The van der Waals surface area contributed by atoms with Crippen LogP contribution in [-0.4, -0.2) is 21.1 Å². The van der Waals surface area contributed by atoms with Crippen LogP contribution in [0, 0.1) is 13.8 Å². The van der Waals surface area contributed by atoms with E-state index < -0.39 is 0 Å². The summed E-state index contributed by atoms with van der Waals surface area (Å²) in [6, 6.07) is 13.4. The van der Waals surface area contributed by atoms with Gasteiger partial charge in [-0.05, 0) is 55.3 Å². The van der Waals surface area contributed by atoms with Crippen molar-refractivity contribution in [2.75, 3.05) is 16.0 Å². The SMILES string of the molecule is CC(=O)Nc1ccc(Nc2cnnc(Nc3cccc(C)c3C)n2)cc1. The van der Waals surface area contributed by atoms with Gasteiger partial charge >= 0.3 is 0 Å². The molecule has 7 heteroatoms. The van der Waals surface area contributed by atoms with Crippen LogP contribution in [0.4, 0.5) is 28.8 Å². The van der Waals surface area contributed by atoms with E-state index in [0.29, 0.717) is 11.8 Å². The number of amides is 1. The molecule has 0 bridgehead atoms. The lowest BCUT2D eigenvalue weighted by molar-refractivity contribution is -0.114. The van der Waals surface area contributed by atoms with Gasteiger partial charge in [0.15, 0.2) is 5.82 Å². The summed E-state index contributed by atoms with van der Waals surface area (Å²) in [6.45, 7) is 5.58. The van der Waals surface area contributed by atoms with E-state index in [4.69, 9.17) is 0 Å². The van der Waals surface area contributed by atoms with Gasteiger partial charge in [0.25, 0.3) is 0 Å². The summed E-state index contributed by atoms with van der Waals surface area (Å²) in [6.07, 6.45) is 1.55. The third-order valence-corrected chi connectivity index (χ3v) is 3.89. The van der Waals surface area contributed by atoms with Crippen molar-refractivity contribution in [3.8, 4) is 0 Å². The normalized spacial score (nSPS) is 10.3. The lowest BCUT2D eigenvalue weighted by atomic mass is 10.1. The Morgan fingerprint density at radius 1 is 0.962 bits per heavy atom. The second-order valence-electron chi connectivity index (χ2n) is 5.92. The summed E-state index contributed by atoms with van der Waals surface area (Å²) < 4.78 is 0. The number of anilines is 5. The molecule has 0 saturated heterocycles. The third-order valence-electron chi connectivity index (χ3n) is 3.89. The topological polar surface area (TPSA) is 91.8 Å². The molecule has 0 saturated carbocycles. The van der Waals surface area contributed by atoms with Gasteiger partial charge in [-0.25, -0.2) is 0 Å². The van der Waals surface area contributed by atoms with Gasteiger partial charge in [-0.2, -0.15) is 10.1 Å². The molecule has 132 valence electrons. The van der Waals surface area contributed by atoms with E-state index in [9.17, 15) is 4.79 Å². The molecule has 0 radical (unpaired) electrons. The highest BCUT2D eigenvalue weighted by molar-refractivity contribution is 5.88. The Morgan fingerprint density at radius 3 is 2.42 bits per heavy atom.